The minimum Gasteiger partial charge on any atom is -0.497 e. The lowest BCUT2D eigenvalue weighted by atomic mass is 10.1. The van der Waals surface area contributed by atoms with E-state index in [1.807, 2.05) is 35.7 Å². The fourth-order valence-electron chi connectivity index (χ4n) is 3.16. The maximum atomic E-state index is 12.8. The highest BCUT2D eigenvalue weighted by Crippen LogP contribution is 2.45. The predicted molar refractivity (Wildman–Crippen MR) is 132 cm³/mol. The number of sulfonamides is 1. The van der Waals surface area contributed by atoms with Gasteiger partial charge >= 0.3 is 0 Å². The summed E-state index contributed by atoms with van der Waals surface area (Å²) in [6.07, 6.45) is 0. The molecule has 9 heteroatoms. The van der Waals surface area contributed by atoms with E-state index in [4.69, 9.17) is 4.74 Å². The van der Waals surface area contributed by atoms with E-state index in [2.05, 4.69) is 10.0 Å². The summed E-state index contributed by atoms with van der Waals surface area (Å²) in [5.41, 5.74) is 2.54. The molecule has 3 aromatic rings. The van der Waals surface area contributed by atoms with E-state index >= 15 is 0 Å². The lowest BCUT2D eigenvalue weighted by Crippen LogP contribution is -2.15. The molecule has 0 aromatic heterocycles. The summed E-state index contributed by atoms with van der Waals surface area (Å²) < 4.78 is 33.6. The number of hydrogen-bond acceptors (Lipinski definition) is 6. The topological polar surface area (TPSA) is 84.5 Å². The first-order chi connectivity index (χ1) is 15.4. The number of ether oxygens (including phenoxy) is 1. The number of nitrogens with one attached hydrogen (secondary N) is 2. The van der Waals surface area contributed by atoms with Crippen LogP contribution in [0.15, 0.2) is 77.7 Å². The number of benzene rings is 3. The predicted octanol–water partition coefficient (Wildman–Crippen LogP) is 5.23. The van der Waals surface area contributed by atoms with Gasteiger partial charge in [0.1, 0.15) is 5.75 Å². The quantitative estimate of drug-likeness (QED) is 0.476. The van der Waals surface area contributed by atoms with E-state index in [1.165, 1.54) is 17.7 Å². The van der Waals surface area contributed by atoms with Gasteiger partial charge in [0.2, 0.25) is 0 Å². The molecule has 1 aliphatic rings. The Morgan fingerprint density at radius 1 is 0.938 bits per heavy atom. The molecule has 1 saturated heterocycles. The summed E-state index contributed by atoms with van der Waals surface area (Å²) in [5.74, 6) is 2.63. The molecule has 6 nitrogen and oxygen atoms in total. The van der Waals surface area contributed by atoms with Gasteiger partial charge in [-0.1, -0.05) is 18.2 Å². The van der Waals surface area contributed by atoms with Gasteiger partial charge in [-0.05, 0) is 60.2 Å². The smallest absolute Gasteiger partial charge is 0.261 e. The normalized spacial score (nSPS) is 14.2. The Morgan fingerprint density at radius 2 is 1.62 bits per heavy atom. The molecular weight excluding hydrogens is 464 g/mol. The van der Waals surface area contributed by atoms with Crippen molar-refractivity contribution in [2.45, 2.75) is 9.48 Å². The van der Waals surface area contributed by atoms with Crippen LogP contribution in [-0.4, -0.2) is 32.9 Å². The molecule has 1 heterocycles. The van der Waals surface area contributed by atoms with Crippen LogP contribution in [0.5, 0.6) is 5.75 Å². The van der Waals surface area contributed by atoms with Crippen molar-refractivity contribution in [3.63, 3.8) is 0 Å². The number of carbonyl (C=O) groups excluding carboxylic acids is 1. The number of methoxy groups -OCH3 is 1. The van der Waals surface area contributed by atoms with Crippen LogP contribution in [0, 0.1) is 0 Å². The van der Waals surface area contributed by atoms with Gasteiger partial charge in [0.25, 0.3) is 15.9 Å². The van der Waals surface area contributed by atoms with Crippen molar-refractivity contribution in [3.8, 4) is 5.75 Å². The molecule has 0 bridgehead atoms. The molecule has 0 saturated carbocycles. The molecule has 32 heavy (non-hydrogen) atoms. The van der Waals surface area contributed by atoms with Crippen molar-refractivity contribution in [2.75, 3.05) is 28.7 Å². The highest BCUT2D eigenvalue weighted by molar-refractivity contribution is 8.19. The van der Waals surface area contributed by atoms with E-state index in [-0.39, 0.29) is 10.8 Å². The standard InChI is InChI=1S/C23H22N2O4S3/c1-29-20-11-9-18(10-12-20)25-32(27,28)21-4-2-3-19(15-21)24-22(26)16-5-7-17(8-6-16)23-30-13-14-31-23/h2-12,15,23,25H,13-14H2,1H3,(H,24,26). The summed E-state index contributed by atoms with van der Waals surface area (Å²) in [4.78, 5) is 12.7. The number of carbonyl (C=O) groups is 1. The maximum absolute atomic E-state index is 12.8. The summed E-state index contributed by atoms with van der Waals surface area (Å²) in [7, 11) is -2.27. The molecule has 3 aromatic carbocycles. The third kappa shape index (κ3) is 5.40. The number of thioether (sulfide) groups is 2. The van der Waals surface area contributed by atoms with Gasteiger partial charge in [0.15, 0.2) is 0 Å². The fraction of sp³-hybridized carbons (Fsp3) is 0.174. The first kappa shape index (κ1) is 22.6. The zero-order chi connectivity index (χ0) is 22.6. The number of rotatable bonds is 7. The largest absolute Gasteiger partial charge is 0.497 e. The number of hydrogen-bond donors (Lipinski definition) is 2. The lowest BCUT2D eigenvalue weighted by Gasteiger charge is -2.11. The molecule has 0 radical (unpaired) electrons. The van der Waals surface area contributed by atoms with Crippen LogP contribution < -0.4 is 14.8 Å². The molecule has 1 aliphatic heterocycles. The van der Waals surface area contributed by atoms with E-state index in [9.17, 15) is 13.2 Å². The third-order valence-corrected chi connectivity index (χ3v) is 9.29. The van der Waals surface area contributed by atoms with Crippen LogP contribution in [0.3, 0.4) is 0 Å². The van der Waals surface area contributed by atoms with Crippen molar-refractivity contribution < 1.29 is 17.9 Å². The fourth-order valence-corrected chi connectivity index (χ4v) is 7.12. The Balaban J connectivity index is 1.45. The second-order valence-electron chi connectivity index (χ2n) is 7.01. The molecule has 0 atom stereocenters. The molecule has 0 spiro atoms. The molecule has 166 valence electrons. The van der Waals surface area contributed by atoms with Crippen molar-refractivity contribution in [2.24, 2.45) is 0 Å². The Morgan fingerprint density at radius 3 is 2.28 bits per heavy atom. The summed E-state index contributed by atoms with van der Waals surface area (Å²) in [6.45, 7) is 0. The monoisotopic (exact) mass is 486 g/mol. The lowest BCUT2D eigenvalue weighted by molar-refractivity contribution is 0.102. The van der Waals surface area contributed by atoms with E-state index in [0.29, 0.717) is 27.3 Å². The van der Waals surface area contributed by atoms with E-state index in [1.54, 1.807) is 55.6 Å². The van der Waals surface area contributed by atoms with Gasteiger partial charge < -0.3 is 10.1 Å². The van der Waals surface area contributed by atoms with E-state index in [0.717, 1.165) is 11.5 Å². The summed E-state index contributed by atoms with van der Waals surface area (Å²) in [6, 6.07) is 20.3. The third-order valence-electron chi connectivity index (χ3n) is 4.81. The molecule has 0 unspecified atom stereocenters. The van der Waals surface area contributed by atoms with Gasteiger partial charge in [-0.3, -0.25) is 9.52 Å². The summed E-state index contributed by atoms with van der Waals surface area (Å²) in [5, 5.41) is 2.78. The van der Waals surface area contributed by atoms with Crippen LogP contribution in [0.2, 0.25) is 0 Å². The second-order valence-corrected chi connectivity index (χ2v) is 11.4. The van der Waals surface area contributed by atoms with Crippen LogP contribution in [0.25, 0.3) is 0 Å². The minimum absolute atomic E-state index is 0.0525. The Bertz CT molecular complexity index is 1190. The highest BCUT2D eigenvalue weighted by Gasteiger charge is 2.19. The molecule has 2 N–H and O–H groups in total. The molecule has 1 fully saturated rings. The summed E-state index contributed by atoms with van der Waals surface area (Å²) >= 11 is 3.82. The SMILES string of the molecule is COc1ccc(NS(=O)(=O)c2cccc(NC(=O)c3ccc(C4SCCS4)cc3)c2)cc1. The highest BCUT2D eigenvalue weighted by atomic mass is 32.2. The Kier molecular flexibility index (Phi) is 6.98. The number of anilines is 2. The van der Waals surface area contributed by atoms with Gasteiger partial charge in [-0.25, -0.2) is 8.42 Å². The first-order valence-corrected chi connectivity index (χ1v) is 13.4. The average molecular weight is 487 g/mol. The van der Waals surface area contributed by atoms with E-state index < -0.39 is 10.0 Å². The van der Waals surface area contributed by atoms with Crippen molar-refractivity contribution >= 4 is 50.8 Å². The molecular formula is C23H22N2O4S3. The van der Waals surface area contributed by atoms with Crippen molar-refractivity contribution in [1.82, 2.24) is 0 Å². The second kappa shape index (κ2) is 9.89. The van der Waals surface area contributed by atoms with Gasteiger partial charge in [0.05, 0.1) is 16.6 Å². The Labute approximate surface area is 196 Å². The Hall–Kier alpha value is -2.62. The zero-order valence-electron chi connectivity index (χ0n) is 17.3. The van der Waals surface area contributed by atoms with Crippen LogP contribution >= 0.6 is 23.5 Å². The average Bonchev–Trinajstić information content (AvgIpc) is 3.35. The molecule has 1 amide bonds. The molecule has 0 aliphatic carbocycles. The van der Waals surface area contributed by atoms with Crippen molar-refractivity contribution in [3.05, 3.63) is 83.9 Å². The van der Waals surface area contributed by atoms with Gasteiger partial charge in [-0.2, -0.15) is 0 Å². The van der Waals surface area contributed by atoms with Crippen LogP contribution in [-0.2, 0) is 10.0 Å². The van der Waals surface area contributed by atoms with Crippen LogP contribution in [0.4, 0.5) is 11.4 Å². The molecule has 4 rings (SSSR count). The van der Waals surface area contributed by atoms with Crippen molar-refractivity contribution in [1.29, 1.82) is 0 Å². The first-order valence-electron chi connectivity index (χ1n) is 9.86. The van der Waals surface area contributed by atoms with Gasteiger partial charge in [-0.15, -0.1) is 23.5 Å². The van der Waals surface area contributed by atoms with Gasteiger partial charge in [0, 0.05) is 28.4 Å². The number of amides is 1. The maximum Gasteiger partial charge on any atom is 0.261 e. The van der Waals surface area contributed by atoms with Crippen LogP contribution in [0.1, 0.15) is 20.5 Å². The minimum atomic E-state index is -3.82. The zero-order valence-corrected chi connectivity index (χ0v) is 19.7.